The zero-order valence-electron chi connectivity index (χ0n) is 20.1. The largest absolute Gasteiger partial charge is 0.343 e. The van der Waals surface area contributed by atoms with Gasteiger partial charge in [0.15, 0.2) is 5.13 Å². The van der Waals surface area contributed by atoms with Gasteiger partial charge in [0.05, 0.1) is 24.1 Å². The van der Waals surface area contributed by atoms with Crippen molar-refractivity contribution >= 4 is 38.3 Å². The summed E-state index contributed by atoms with van der Waals surface area (Å²) in [7, 11) is -3.52. The molecule has 190 valence electrons. The molecule has 11 heteroatoms. The van der Waals surface area contributed by atoms with Gasteiger partial charge in [-0.1, -0.05) is 18.2 Å². The van der Waals surface area contributed by atoms with E-state index in [1.54, 1.807) is 12.4 Å². The molecule has 0 spiro atoms. The Balaban J connectivity index is 1.23. The van der Waals surface area contributed by atoms with E-state index in [0.717, 1.165) is 47.0 Å². The van der Waals surface area contributed by atoms with Gasteiger partial charge in [0, 0.05) is 35.2 Å². The highest BCUT2D eigenvalue weighted by Gasteiger charge is 2.26. The highest BCUT2D eigenvalue weighted by atomic mass is 32.2. The number of pyridine rings is 1. The van der Waals surface area contributed by atoms with Crippen LogP contribution in [0.4, 0.5) is 5.13 Å². The summed E-state index contributed by atoms with van der Waals surface area (Å²) in [6, 6.07) is 11.8. The average Bonchev–Trinajstić information content (AvgIpc) is 3.53. The molecule has 5 rings (SSSR count). The maximum absolute atomic E-state index is 12.8. The molecule has 3 heterocycles. The van der Waals surface area contributed by atoms with Gasteiger partial charge in [0.2, 0.25) is 15.9 Å². The summed E-state index contributed by atoms with van der Waals surface area (Å²) in [5.41, 5.74) is 5.43. The summed E-state index contributed by atoms with van der Waals surface area (Å²) in [4.78, 5) is 33.9. The van der Waals surface area contributed by atoms with Crippen LogP contribution in [0.15, 0.2) is 60.4 Å². The van der Waals surface area contributed by atoms with Gasteiger partial charge in [-0.15, -0.1) is 11.3 Å². The van der Waals surface area contributed by atoms with E-state index >= 15 is 0 Å². The van der Waals surface area contributed by atoms with Crippen LogP contribution in [0.2, 0.25) is 0 Å². The fraction of sp³-hybridized carbons (Fsp3) is 0.231. The SMILES string of the molecule is CS(=O)(=O)n1cc(C(=O)NCC(=O)Nc2nc(-c3cccc(-c4ccncc4)c3)cs2)c2c1CCCC2. The molecule has 1 aliphatic carbocycles. The summed E-state index contributed by atoms with van der Waals surface area (Å²) in [6.45, 7) is -0.260. The van der Waals surface area contributed by atoms with E-state index in [1.165, 1.54) is 21.5 Å². The van der Waals surface area contributed by atoms with Crippen LogP contribution in [-0.4, -0.2) is 47.0 Å². The highest BCUT2D eigenvalue weighted by molar-refractivity contribution is 7.89. The number of fused-ring (bicyclic) bond motifs is 1. The van der Waals surface area contributed by atoms with E-state index in [9.17, 15) is 18.0 Å². The Bertz CT molecular complexity index is 1580. The number of hydrogen-bond acceptors (Lipinski definition) is 7. The van der Waals surface area contributed by atoms with E-state index in [0.29, 0.717) is 29.2 Å². The monoisotopic (exact) mass is 535 g/mol. The van der Waals surface area contributed by atoms with Crippen LogP contribution < -0.4 is 10.6 Å². The van der Waals surface area contributed by atoms with Crippen LogP contribution in [0.1, 0.15) is 34.5 Å². The Hall–Kier alpha value is -3.83. The number of benzene rings is 1. The van der Waals surface area contributed by atoms with E-state index in [1.807, 2.05) is 41.8 Å². The molecule has 0 saturated heterocycles. The molecule has 0 unspecified atom stereocenters. The van der Waals surface area contributed by atoms with Crippen molar-refractivity contribution in [1.82, 2.24) is 19.3 Å². The van der Waals surface area contributed by atoms with Crippen LogP contribution in [0.5, 0.6) is 0 Å². The van der Waals surface area contributed by atoms with Gasteiger partial charge in [-0.2, -0.15) is 0 Å². The van der Waals surface area contributed by atoms with Gasteiger partial charge in [0.25, 0.3) is 5.91 Å². The van der Waals surface area contributed by atoms with E-state index in [2.05, 4.69) is 20.6 Å². The smallest absolute Gasteiger partial charge is 0.253 e. The van der Waals surface area contributed by atoms with Crippen molar-refractivity contribution in [1.29, 1.82) is 0 Å². The Morgan fingerprint density at radius 3 is 2.59 bits per heavy atom. The predicted octanol–water partition coefficient (Wildman–Crippen LogP) is 3.73. The number of hydrogen-bond donors (Lipinski definition) is 2. The zero-order chi connectivity index (χ0) is 26.0. The lowest BCUT2D eigenvalue weighted by Gasteiger charge is -2.15. The molecule has 0 saturated carbocycles. The minimum atomic E-state index is -3.52. The second-order valence-electron chi connectivity index (χ2n) is 8.82. The third-order valence-corrected chi connectivity index (χ3v) is 8.01. The first kappa shape index (κ1) is 24.8. The number of anilines is 1. The van der Waals surface area contributed by atoms with Crippen LogP contribution in [-0.2, 0) is 27.7 Å². The van der Waals surface area contributed by atoms with Crippen molar-refractivity contribution in [2.45, 2.75) is 25.7 Å². The normalized spacial score (nSPS) is 13.1. The summed E-state index contributed by atoms with van der Waals surface area (Å²) in [5, 5.41) is 7.61. The third kappa shape index (κ3) is 5.47. The second-order valence-corrected chi connectivity index (χ2v) is 11.5. The Labute approximate surface area is 218 Å². The molecule has 2 amide bonds. The van der Waals surface area contributed by atoms with Crippen molar-refractivity contribution in [2.75, 3.05) is 18.1 Å². The number of aromatic nitrogens is 3. The van der Waals surface area contributed by atoms with Crippen molar-refractivity contribution < 1.29 is 18.0 Å². The second kappa shape index (κ2) is 10.3. The maximum Gasteiger partial charge on any atom is 0.253 e. The fourth-order valence-corrected chi connectivity index (χ4v) is 6.11. The zero-order valence-corrected chi connectivity index (χ0v) is 21.7. The lowest BCUT2D eigenvalue weighted by molar-refractivity contribution is -0.115. The van der Waals surface area contributed by atoms with Gasteiger partial charge < -0.3 is 10.6 Å². The number of nitrogens with zero attached hydrogens (tertiary/aromatic N) is 3. The number of carbonyl (C=O) groups excluding carboxylic acids is 2. The van der Waals surface area contributed by atoms with Gasteiger partial charge in [-0.25, -0.2) is 17.4 Å². The molecular formula is C26H25N5O4S2. The van der Waals surface area contributed by atoms with Crippen LogP contribution in [0.3, 0.4) is 0 Å². The molecule has 0 atom stereocenters. The highest BCUT2D eigenvalue weighted by Crippen LogP contribution is 2.29. The summed E-state index contributed by atoms with van der Waals surface area (Å²) in [5.74, 6) is -0.889. The van der Waals surface area contributed by atoms with Gasteiger partial charge >= 0.3 is 0 Å². The van der Waals surface area contributed by atoms with Crippen molar-refractivity contribution in [2.24, 2.45) is 0 Å². The first-order chi connectivity index (χ1) is 17.8. The molecule has 2 N–H and O–H groups in total. The molecule has 0 bridgehead atoms. The number of thiazole rings is 1. The molecule has 0 fully saturated rings. The Morgan fingerprint density at radius 2 is 1.81 bits per heavy atom. The molecule has 1 aliphatic rings. The Kier molecular flexibility index (Phi) is 6.90. The molecule has 4 aromatic rings. The van der Waals surface area contributed by atoms with Gasteiger partial charge in [0.1, 0.15) is 0 Å². The average molecular weight is 536 g/mol. The molecule has 9 nitrogen and oxygen atoms in total. The number of amides is 2. The summed E-state index contributed by atoms with van der Waals surface area (Å²) < 4.78 is 25.5. The van der Waals surface area contributed by atoms with Crippen LogP contribution in [0, 0.1) is 0 Å². The molecule has 1 aromatic carbocycles. The molecular weight excluding hydrogens is 510 g/mol. The summed E-state index contributed by atoms with van der Waals surface area (Å²) in [6.07, 6.45) is 8.98. The van der Waals surface area contributed by atoms with Gasteiger partial charge in [-0.05, 0) is 60.6 Å². The van der Waals surface area contributed by atoms with Gasteiger partial charge in [-0.3, -0.25) is 14.6 Å². The minimum absolute atomic E-state index is 0.260. The number of nitrogens with one attached hydrogen (secondary N) is 2. The van der Waals surface area contributed by atoms with Crippen molar-refractivity contribution in [3.05, 3.63) is 77.2 Å². The molecule has 37 heavy (non-hydrogen) atoms. The van der Waals surface area contributed by atoms with E-state index < -0.39 is 21.8 Å². The van der Waals surface area contributed by atoms with Crippen molar-refractivity contribution in [3.63, 3.8) is 0 Å². The third-order valence-electron chi connectivity index (χ3n) is 6.21. The van der Waals surface area contributed by atoms with Crippen molar-refractivity contribution in [3.8, 4) is 22.4 Å². The fourth-order valence-electron chi connectivity index (χ4n) is 4.47. The number of rotatable bonds is 7. The first-order valence-electron chi connectivity index (χ1n) is 11.8. The van der Waals surface area contributed by atoms with Crippen LogP contribution >= 0.6 is 11.3 Å². The molecule has 0 radical (unpaired) electrons. The Morgan fingerprint density at radius 1 is 1.05 bits per heavy atom. The lowest BCUT2D eigenvalue weighted by atomic mass is 9.95. The predicted molar refractivity (Wildman–Crippen MR) is 143 cm³/mol. The first-order valence-corrected chi connectivity index (χ1v) is 14.5. The topological polar surface area (TPSA) is 123 Å². The maximum atomic E-state index is 12.8. The quantitative estimate of drug-likeness (QED) is 0.372. The minimum Gasteiger partial charge on any atom is -0.343 e. The summed E-state index contributed by atoms with van der Waals surface area (Å²) >= 11 is 1.29. The van der Waals surface area contributed by atoms with E-state index in [4.69, 9.17) is 0 Å². The van der Waals surface area contributed by atoms with Crippen LogP contribution in [0.25, 0.3) is 22.4 Å². The van der Waals surface area contributed by atoms with E-state index in [-0.39, 0.29) is 6.54 Å². The lowest BCUT2D eigenvalue weighted by Crippen LogP contribution is -2.33. The molecule has 3 aromatic heterocycles. The number of carbonyl (C=O) groups is 2. The molecule has 0 aliphatic heterocycles. The standard InChI is InChI=1S/C26H25N5O4S2/c1-37(34,35)31-15-21(20-7-2-3-8-23(20)31)25(33)28-14-24(32)30-26-29-22(16-36-26)19-6-4-5-18(13-19)17-9-11-27-12-10-17/h4-6,9-13,15-16H,2-3,7-8,14H2,1H3,(H,28,33)(H,29,30,32).